The van der Waals surface area contributed by atoms with Crippen molar-refractivity contribution in [2.75, 3.05) is 26.3 Å². The first-order valence-electron chi connectivity index (χ1n) is 8.67. The molecular weight excluding hydrogens is 455 g/mol. The van der Waals surface area contributed by atoms with Gasteiger partial charge in [0.05, 0.1) is 12.1 Å². The Morgan fingerprint density at radius 3 is 2.85 bits per heavy atom. The van der Waals surface area contributed by atoms with Crippen LogP contribution in [0.2, 0.25) is 0 Å². The Hall–Kier alpha value is -1.16. The zero-order valence-corrected chi connectivity index (χ0v) is 17.6. The van der Waals surface area contributed by atoms with Gasteiger partial charge in [-0.1, -0.05) is 12.1 Å². The quantitative estimate of drug-likeness (QED) is 0.337. The molecule has 1 fully saturated rings. The lowest BCUT2D eigenvalue weighted by Gasteiger charge is -2.24. The molecule has 1 unspecified atom stereocenters. The van der Waals surface area contributed by atoms with E-state index < -0.39 is 13.0 Å². The summed E-state index contributed by atoms with van der Waals surface area (Å²) < 4.78 is 35.3. The zero-order valence-electron chi connectivity index (χ0n) is 15.3. The molecule has 8 heteroatoms. The fraction of sp³-hybridized carbons (Fsp3) is 0.611. The van der Waals surface area contributed by atoms with Crippen molar-refractivity contribution in [3.05, 3.63) is 29.8 Å². The monoisotopic (exact) mass is 483 g/mol. The first-order valence-corrected chi connectivity index (χ1v) is 8.67. The standard InChI is InChI=1S/C18H27F2N3O2.HI/c1-3-21-17(23-13-18(2)8-5-9-25-18)22-11-14-6-4-7-15(10-14)24-12-16(19)20;/h4,6-7,10,16H,3,5,8-9,11-13H2,1-2H3,(H2,21,22,23);1H. The van der Waals surface area contributed by atoms with E-state index in [0.29, 0.717) is 24.8 Å². The van der Waals surface area contributed by atoms with Gasteiger partial charge < -0.3 is 20.1 Å². The topological polar surface area (TPSA) is 54.9 Å². The molecule has 0 bridgehead atoms. The molecule has 148 valence electrons. The Balaban J connectivity index is 0.00000338. The van der Waals surface area contributed by atoms with Gasteiger partial charge in [-0.2, -0.15) is 0 Å². The van der Waals surface area contributed by atoms with Crippen LogP contribution < -0.4 is 15.4 Å². The second-order valence-electron chi connectivity index (χ2n) is 6.30. The molecule has 0 spiro atoms. The van der Waals surface area contributed by atoms with Gasteiger partial charge in [0, 0.05) is 19.7 Å². The number of hydrogen-bond donors (Lipinski definition) is 2. The summed E-state index contributed by atoms with van der Waals surface area (Å²) in [7, 11) is 0. The van der Waals surface area contributed by atoms with Gasteiger partial charge in [0.25, 0.3) is 6.43 Å². The number of ether oxygens (including phenoxy) is 2. The summed E-state index contributed by atoms with van der Waals surface area (Å²) in [6.07, 6.45) is -0.370. The minimum atomic E-state index is -2.48. The number of halogens is 3. The molecule has 0 radical (unpaired) electrons. The van der Waals surface area contributed by atoms with E-state index >= 15 is 0 Å². The molecule has 1 aliphatic heterocycles. The summed E-state index contributed by atoms with van der Waals surface area (Å²) in [4.78, 5) is 4.55. The van der Waals surface area contributed by atoms with Crippen LogP contribution in [0.4, 0.5) is 8.78 Å². The summed E-state index contributed by atoms with van der Waals surface area (Å²) in [6, 6.07) is 7.07. The van der Waals surface area contributed by atoms with Gasteiger partial charge in [-0.25, -0.2) is 13.8 Å². The lowest BCUT2D eigenvalue weighted by Crippen LogP contribution is -2.45. The van der Waals surface area contributed by atoms with Gasteiger partial charge >= 0.3 is 0 Å². The molecular formula is C18H28F2IN3O2. The first-order chi connectivity index (χ1) is 12.0. The molecule has 1 aromatic carbocycles. The molecule has 0 saturated carbocycles. The highest BCUT2D eigenvalue weighted by molar-refractivity contribution is 14.0. The van der Waals surface area contributed by atoms with Crippen molar-refractivity contribution < 1.29 is 18.3 Å². The van der Waals surface area contributed by atoms with Crippen molar-refractivity contribution in [1.82, 2.24) is 10.6 Å². The lowest BCUT2D eigenvalue weighted by atomic mass is 10.0. The van der Waals surface area contributed by atoms with Gasteiger partial charge in [-0.05, 0) is 44.4 Å². The third-order valence-corrected chi connectivity index (χ3v) is 3.97. The number of nitrogens with one attached hydrogen (secondary N) is 2. The Bertz CT molecular complexity index is 567. The van der Waals surface area contributed by atoms with Crippen molar-refractivity contribution in [1.29, 1.82) is 0 Å². The van der Waals surface area contributed by atoms with Crippen molar-refractivity contribution in [2.45, 2.75) is 45.3 Å². The lowest BCUT2D eigenvalue weighted by molar-refractivity contribution is 0.0243. The Kier molecular flexibility index (Phi) is 10.1. The SMILES string of the molecule is CCNC(=NCc1cccc(OCC(F)F)c1)NCC1(C)CCCO1.I. The maximum atomic E-state index is 12.2. The smallest absolute Gasteiger partial charge is 0.272 e. The van der Waals surface area contributed by atoms with E-state index in [9.17, 15) is 8.78 Å². The average Bonchev–Trinajstić information content (AvgIpc) is 3.03. The Labute approximate surface area is 171 Å². The Morgan fingerprint density at radius 2 is 2.19 bits per heavy atom. The Morgan fingerprint density at radius 1 is 1.38 bits per heavy atom. The second kappa shape index (κ2) is 11.5. The van der Waals surface area contributed by atoms with Crippen LogP contribution in [0.25, 0.3) is 0 Å². The van der Waals surface area contributed by atoms with Crippen LogP contribution in [0.1, 0.15) is 32.3 Å². The van der Waals surface area contributed by atoms with Gasteiger partial charge in [-0.3, -0.25) is 0 Å². The number of alkyl halides is 2. The van der Waals surface area contributed by atoms with E-state index in [-0.39, 0.29) is 29.6 Å². The predicted molar refractivity (Wildman–Crippen MR) is 110 cm³/mol. The fourth-order valence-electron chi connectivity index (χ4n) is 2.65. The van der Waals surface area contributed by atoms with Crippen molar-refractivity contribution in [3.63, 3.8) is 0 Å². The van der Waals surface area contributed by atoms with E-state index in [0.717, 1.165) is 31.6 Å². The molecule has 0 aromatic heterocycles. The molecule has 26 heavy (non-hydrogen) atoms. The molecule has 1 aliphatic rings. The number of hydrogen-bond acceptors (Lipinski definition) is 3. The van der Waals surface area contributed by atoms with Crippen molar-refractivity contribution in [2.24, 2.45) is 4.99 Å². The largest absolute Gasteiger partial charge is 0.488 e. The number of benzene rings is 1. The van der Waals surface area contributed by atoms with Crippen LogP contribution in [0.3, 0.4) is 0 Å². The molecule has 2 N–H and O–H groups in total. The highest BCUT2D eigenvalue weighted by Gasteiger charge is 2.29. The predicted octanol–water partition coefficient (Wildman–Crippen LogP) is 3.57. The molecule has 5 nitrogen and oxygen atoms in total. The zero-order chi connectivity index (χ0) is 18.1. The summed E-state index contributed by atoms with van der Waals surface area (Å²) in [5.74, 6) is 1.14. The van der Waals surface area contributed by atoms with Gasteiger partial charge in [-0.15, -0.1) is 24.0 Å². The number of rotatable bonds is 8. The van der Waals surface area contributed by atoms with Crippen molar-refractivity contribution in [3.8, 4) is 5.75 Å². The van der Waals surface area contributed by atoms with E-state index in [1.54, 1.807) is 18.2 Å². The average molecular weight is 483 g/mol. The summed E-state index contributed by atoms with van der Waals surface area (Å²) in [5, 5.41) is 6.51. The van der Waals surface area contributed by atoms with Gasteiger partial charge in [0.15, 0.2) is 5.96 Å². The summed E-state index contributed by atoms with van der Waals surface area (Å²) in [5.41, 5.74) is 0.742. The molecule has 1 atom stereocenters. The van der Waals surface area contributed by atoms with E-state index in [4.69, 9.17) is 9.47 Å². The summed E-state index contributed by atoms with van der Waals surface area (Å²) >= 11 is 0. The molecule has 2 rings (SSSR count). The highest BCUT2D eigenvalue weighted by atomic mass is 127. The third kappa shape index (κ3) is 8.03. The van der Waals surface area contributed by atoms with Crippen LogP contribution >= 0.6 is 24.0 Å². The maximum absolute atomic E-state index is 12.2. The summed E-state index contributed by atoms with van der Waals surface area (Å²) in [6.45, 7) is 6.17. The van der Waals surface area contributed by atoms with Gasteiger partial charge in [0.2, 0.25) is 0 Å². The highest BCUT2D eigenvalue weighted by Crippen LogP contribution is 2.23. The molecule has 1 aromatic rings. The maximum Gasteiger partial charge on any atom is 0.272 e. The number of guanidine groups is 1. The molecule has 0 amide bonds. The number of aliphatic imine (C=N–C) groups is 1. The van der Waals surface area contributed by atoms with Crippen LogP contribution in [-0.4, -0.2) is 44.3 Å². The van der Waals surface area contributed by atoms with Crippen LogP contribution in [0.5, 0.6) is 5.75 Å². The van der Waals surface area contributed by atoms with Crippen molar-refractivity contribution >= 4 is 29.9 Å². The van der Waals surface area contributed by atoms with Crippen LogP contribution in [-0.2, 0) is 11.3 Å². The third-order valence-electron chi connectivity index (χ3n) is 3.97. The van der Waals surface area contributed by atoms with Crippen LogP contribution in [0, 0.1) is 0 Å². The van der Waals surface area contributed by atoms with E-state index in [1.165, 1.54) is 0 Å². The van der Waals surface area contributed by atoms with Crippen LogP contribution in [0.15, 0.2) is 29.3 Å². The minimum absolute atomic E-state index is 0. The normalized spacial score (nSPS) is 20.0. The van der Waals surface area contributed by atoms with Gasteiger partial charge in [0.1, 0.15) is 12.4 Å². The number of nitrogens with zero attached hydrogens (tertiary/aromatic N) is 1. The molecule has 0 aliphatic carbocycles. The van der Waals surface area contributed by atoms with E-state index in [2.05, 4.69) is 22.5 Å². The second-order valence-corrected chi connectivity index (χ2v) is 6.30. The minimum Gasteiger partial charge on any atom is -0.488 e. The molecule has 1 heterocycles. The van der Waals surface area contributed by atoms with E-state index in [1.807, 2.05) is 13.0 Å². The first kappa shape index (κ1) is 22.9. The fourth-order valence-corrected chi connectivity index (χ4v) is 2.65. The molecule has 1 saturated heterocycles.